The van der Waals surface area contributed by atoms with Gasteiger partial charge >= 0.3 is 5.97 Å². The Morgan fingerprint density at radius 3 is 2.70 bits per heavy atom. The Bertz CT molecular complexity index is 930. The van der Waals surface area contributed by atoms with Gasteiger partial charge in [-0.05, 0) is 37.5 Å². The van der Waals surface area contributed by atoms with Crippen LogP contribution < -0.4 is 5.32 Å². The zero-order valence-corrected chi connectivity index (χ0v) is 15.5. The lowest BCUT2D eigenvalue weighted by atomic mass is 10.1. The van der Waals surface area contributed by atoms with Crippen molar-refractivity contribution in [1.29, 1.82) is 0 Å². The summed E-state index contributed by atoms with van der Waals surface area (Å²) in [5.74, 6) is -0.754. The summed E-state index contributed by atoms with van der Waals surface area (Å²) in [7, 11) is 0. The smallest absolute Gasteiger partial charge is 0.311 e. The van der Waals surface area contributed by atoms with E-state index in [1.165, 1.54) is 0 Å². The summed E-state index contributed by atoms with van der Waals surface area (Å²) < 4.78 is 10.8. The van der Waals surface area contributed by atoms with Gasteiger partial charge in [0.1, 0.15) is 5.58 Å². The molecule has 0 radical (unpaired) electrons. The molecule has 3 aromatic rings. The molecule has 2 aromatic carbocycles. The highest BCUT2D eigenvalue weighted by atomic mass is 16.5. The van der Waals surface area contributed by atoms with E-state index in [9.17, 15) is 9.59 Å². The number of fused-ring (bicyclic) bond motifs is 1. The lowest BCUT2D eigenvalue weighted by Gasteiger charge is -2.13. The van der Waals surface area contributed by atoms with Gasteiger partial charge < -0.3 is 14.5 Å². The van der Waals surface area contributed by atoms with Crippen LogP contribution in [0.1, 0.15) is 23.6 Å². The fraction of sp³-hybridized carbons (Fsp3) is 0.273. The number of rotatable bonds is 7. The quantitative estimate of drug-likeness (QED) is 0.650. The minimum absolute atomic E-state index is 0.0672. The van der Waals surface area contributed by atoms with E-state index >= 15 is 0 Å². The molecule has 1 heterocycles. The van der Waals surface area contributed by atoms with Crippen molar-refractivity contribution in [3.8, 4) is 0 Å². The first-order valence-corrected chi connectivity index (χ1v) is 9.01. The molecule has 140 valence electrons. The molecule has 0 unspecified atom stereocenters. The van der Waals surface area contributed by atoms with Gasteiger partial charge in [-0.25, -0.2) is 0 Å². The summed E-state index contributed by atoms with van der Waals surface area (Å²) >= 11 is 0. The second kappa shape index (κ2) is 8.54. The van der Waals surface area contributed by atoms with Crippen LogP contribution in [-0.2, 0) is 27.2 Å². The van der Waals surface area contributed by atoms with E-state index in [0.29, 0.717) is 6.54 Å². The van der Waals surface area contributed by atoms with Gasteiger partial charge in [0.05, 0.1) is 12.7 Å². The molecule has 3 rings (SSSR count). The van der Waals surface area contributed by atoms with Gasteiger partial charge in [0.15, 0.2) is 6.10 Å². The van der Waals surface area contributed by atoms with Crippen LogP contribution in [0.3, 0.4) is 0 Å². The molecule has 0 fully saturated rings. The zero-order chi connectivity index (χ0) is 19.2. The molecule has 1 aromatic heterocycles. The van der Waals surface area contributed by atoms with Crippen molar-refractivity contribution < 1.29 is 18.7 Å². The number of aryl methyl sites for hydroxylation is 1. The number of amides is 1. The fourth-order valence-corrected chi connectivity index (χ4v) is 2.89. The van der Waals surface area contributed by atoms with Crippen LogP contribution in [0.4, 0.5) is 0 Å². The van der Waals surface area contributed by atoms with E-state index in [1.807, 2.05) is 55.5 Å². The first-order chi connectivity index (χ1) is 13.0. The number of benzene rings is 2. The molecule has 0 aliphatic carbocycles. The maximum atomic E-state index is 12.2. The molecule has 0 saturated heterocycles. The van der Waals surface area contributed by atoms with Crippen LogP contribution in [0.15, 0.2) is 59.2 Å². The Morgan fingerprint density at radius 2 is 1.93 bits per heavy atom. The third kappa shape index (κ3) is 4.97. The standard InChI is InChI=1S/C22H23NO4/c1-15-8-9-19-18(14-26-20(19)12-15)13-21(24)27-16(2)22(25)23-11-10-17-6-4-3-5-7-17/h3-9,12,14,16H,10-11,13H2,1-2H3,(H,23,25)/t16-/m0/s1. The number of nitrogens with one attached hydrogen (secondary N) is 1. The second-order valence-corrected chi connectivity index (χ2v) is 6.60. The molecule has 1 N–H and O–H groups in total. The van der Waals surface area contributed by atoms with Gasteiger partial charge in [-0.15, -0.1) is 0 Å². The predicted molar refractivity (Wildman–Crippen MR) is 103 cm³/mol. The lowest BCUT2D eigenvalue weighted by molar-refractivity contribution is -0.154. The van der Waals surface area contributed by atoms with Crippen molar-refractivity contribution in [2.45, 2.75) is 32.8 Å². The molecule has 0 spiro atoms. The molecule has 27 heavy (non-hydrogen) atoms. The molecule has 0 aliphatic heterocycles. The van der Waals surface area contributed by atoms with Gasteiger partial charge in [-0.3, -0.25) is 9.59 Å². The lowest BCUT2D eigenvalue weighted by Crippen LogP contribution is -2.37. The molecule has 5 heteroatoms. The van der Waals surface area contributed by atoms with Crippen LogP contribution in [0.5, 0.6) is 0 Å². The van der Waals surface area contributed by atoms with Crippen LogP contribution in [0.25, 0.3) is 11.0 Å². The number of carbonyl (C=O) groups excluding carboxylic acids is 2. The number of hydrogen-bond donors (Lipinski definition) is 1. The van der Waals surface area contributed by atoms with E-state index in [1.54, 1.807) is 13.2 Å². The zero-order valence-electron chi connectivity index (χ0n) is 15.5. The topological polar surface area (TPSA) is 68.5 Å². The average Bonchev–Trinajstić information content (AvgIpc) is 3.04. The third-order valence-electron chi connectivity index (χ3n) is 4.38. The first-order valence-electron chi connectivity index (χ1n) is 9.01. The van der Waals surface area contributed by atoms with Gasteiger partial charge in [-0.1, -0.05) is 42.5 Å². The maximum absolute atomic E-state index is 12.2. The van der Waals surface area contributed by atoms with Crippen molar-refractivity contribution in [2.24, 2.45) is 0 Å². The molecule has 5 nitrogen and oxygen atoms in total. The van der Waals surface area contributed by atoms with Gasteiger partial charge in [0, 0.05) is 17.5 Å². The molecular formula is C22H23NO4. The predicted octanol–water partition coefficient (Wildman–Crippen LogP) is 3.57. The number of ether oxygens (including phenoxy) is 1. The average molecular weight is 365 g/mol. The second-order valence-electron chi connectivity index (χ2n) is 6.60. The van der Waals surface area contributed by atoms with Gasteiger partial charge in [0.25, 0.3) is 5.91 Å². The normalized spacial score (nSPS) is 11.9. The largest absolute Gasteiger partial charge is 0.464 e. The Kier molecular flexibility index (Phi) is 5.91. The Balaban J connectivity index is 1.48. The van der Waals surface area contributed by atoms with Gasteiger partial charge in [-0.2, -0.15) is 0 Å². The number of esters is 1. The van der Waals surface area contributed by atoms with Crippen molar-refractivity contribution >= 4 is 22.8 Å². The number of furan rings is 1. The van der Waals surface area contributed by atoms with Crippen LogP contribution in [0.2, 0.25) is 0 Å². The molecular weight excluding hydrogens is 342 g/mol. The molecule has 0 bridgehead atoms. The van der Waals surface area contributed by atoms with E-state index < -0.39 is 12.1 Å². The first kappa shape index (κ1) is 18.7. The minimum atomic E-state index is -0.839. The van der Waals surface area contributed by atoms with E-state index in [2.05, 4.69) is 5.32 Å². The Labute approximate surface area is 158 Å². The maximum Gasteiger partial charge on any atom is 0.311 e. The van der Waals surface area contributed by atoms with Crippen molar-refractivity contribution in [3.05, 3.63) is 71.5 Å². The van der Waals surface area contributed by atoms with Gasteiger partial charge in [0.2, 0.25) is 0 Å². The number of hydrogen-bond acceptors (Lipinski definition) is 4. The van der Waals surface area contributed by atoms with Crippen molar-refractivity contribution in [1.82, 2.24) is 5.32 Å². The summed E-state index contributed by atoms with van der Waals surface area (Å²) in [6.45, 7) is 4.05. The summed E-state index contributed by atoms with van der Waals surface area (Å²) in [6.07, 6.45) is 1.52. The molecule has 1 atom stereocenters. The SMILES string of the molecule is Cc1ccc2c(CC(=O)O[C@@H](C)C(=O)NCCc3ccccc3)coc2c1. The van der Waals surface area contributed by atoms with Crippen LogP contribution >= 0.6 is 0 Å². The molecule has 1 amide bonds. The highest BCUT2D eigenvalue weighted by Crippen LogP contribution is 2.23. The highest BCUT2D eigenvalue weighted by Gasteiger charge is 2.19. The van der Waals surface area contributed by atoms with Crippen LogP contribution in [0, 0.1) is 6.92 Å². The number of carbonyl (C=O) groups is 2. The minimum Gasteiger partial charge on any atom is -0.464 e. The van der Waals surface area contributed by atoms with Crippen molar-refractivity contribution in [2.75, 3.05) is 6.54 Å². The Morgan fingerprint density at radius 1 is 1.15 bits per heavy atom. The van der Waals surface area contributed by atoms with E-state index in [-0.39, 0.29) is 12.3 Å². The monoisotopic (exact) mass is 365 g/mol. The van der Waals surface area contributed by atoms with E-state index in [0.717, 1.165) is 34.1 Å². The van der Waals surface area contributed by atoms with Crippen molar-refractivity contribution in [3.63, 3.8) is 0 Å². The highest BCUT2D eigenvalue weighted by molar-refractivity contribution is 5.88. The van der Waals surface area contributed by atoms with E-state index in [4.69, 9.17) is 9.15 Å². The van der Waals surface area contributed by atoms with Crippen LogP contribution in [-0.4, -0.2) is 24.5 Å². The Hall–Kier alpha value is -3.08. The molecule has 0 aliphatic rings. The molecule has 0 saturated carbocycles. The summed E-state index contributed by atoms with van der Waals surface area (Å²) in [4.78, 5) is 24.3. The summed E-state index contributed by atoms with van der Waals surface area (Å²) in [5.41, 5.74) is 3.73. The fourth-order valence-electron chi connectivity index (χ4n) is 2.89. The summed E-state index contributed by atoms with van der Waals surface area (Å²) in [5, 5.41) is 3.68. The summed E-state index contributed by atoms with van der Waals surface area (Å²) in [6, 6.07) is 15.7. The third-order valence-corrected chi connectivity index (χ3v) is 4.38.